The van der Waals surface area contributed by atoms with Gasteiger partial charge in [-0.15, -0.1) is 11.3 Å². The summed E-state index contributed by atoms with van der Waals surface area (Å²) in [5, 5.41) is 5.92. The molecular formula is C24H31N3O4S. The van der Waals surface area contributed by atoms with Gasteiger partial charge in [0.1, 0.15) is 23.1 Å². The molecule has 2 aromatic heterocycles. The molecule has 0 saturated carbocycles. The third-order valence-corrected chi connectivity index (χ3v) is 6.18. The van der Waals surface area contributed by atoms with Gasteiger partial charge in [0.05, 0.1) is 30.7 Å². The van der Waals surface area contributed by atoms with Crippen LogP contribution < -0.4 is 14.8 Å². The van der Waals surface area contributed by atoms with Gasteiger partial charge in [0.15, 0.2) is 0 Å². The summed E-state index contributed by atoms with van der Waals surface area (Å²) >= 11 is 1.54. The lowest BCUT2D eigenvalue weighted by atomic mass is 10.2. The van der Waals surface area contributed by atoms with Crippen LogP contribution in [0, 0.1) is 6.92 Å². The average molecular weight is 458 g/mol. The van der Waals surface area contributed by atoms with Crippen molar-refractivity contribution in [3.05, 3.63) is 52.0 Å². The molecule has 1 unspecified atom stereocenters. The Morgan fingerprint density at radius 2 is 1.94 bits per heavy atom. The zero-order valence-electron chi connectivity index (χ0n) is 19.3. The third-order valence-electron chi connectivity index (χ3n) is 5.36. The molecule has 1 amide bonds. The van der Waals surface area contributed by atoms with E-state index in [-0.39, 0.29) is 11.9 Å². The maximum Gasteiger partial charge on any atom is 0.253 e. The lowest BCUT2D eigenvalue weighted by molar-refractivity contribution is 0.0938. The molecule has 8 heteroatoms. The predicted molar refractivity (Wildman–Crippen MR) is 127 cm³/mol. The molecule has 0 aliphatic rings. The number of nitrogens with one attached hydrogen (secondary N) is 1. The summed E-state index contributed by atoms with van der Waals surface area (Å²) in [7, 11) is 3.31. The quantitative estimate of drug-likeness (QED) is 0.452. The Balaban J connectivity index is 1.80. The number of rotatable bonds is 11. The van der Waals surface area contributed by atoms with Crippen LogP contribution in [-0.2, 0) is 17.9 Å². The first kappa shape index (κ1) is 23.8. The Morgan fingerprint density at radius 3 is 2.59 bits per heavy atom. The van der Waals surface area contributed by atoms with Crippen molar-refractivity contribution in [2.24, 2.45) is 0 Å². The van der Waals surface area contributed by atoms with Gasteiger partial charge in [-0.3, -0.25) is 4.79 Å². The molecule has 32 heavy (non-hydrogen) atoms. The minimum absolute atomic E-state index is 0.0624. The number of hydrogen-bond donors (Lipinski definition) is 1. The first-order chi connectivity index (χ1) is 15.5. The number of thiazole rings is 1. The Bertz CT molecular complexity index is 1030. The number of ether oxygens (including phenoxy) is 3. The molecule has 1 aromatic carbocycles. The molecule has 0 saturated heterocycles. The van der Waals surface area contributed by atoms with Gasteiger partial charge in [-0.05, 0) is 50.6 Å². The summed E-state index contributed by atoms with van der Waals surface area (Å²) < 4.78 is 18.4. The van der Waals surface area contributed by atoms with Crippen molar-refractivity contribution in [2.45, 2.75) is 46.4 Å². The van der Waals surface area contributed by atoms with Crippen LogP contribution in [0.25, 0.3) is 11.4 Å². The fourth-order valence-corrected chi connectivity index (χ4v) is 3.97. The van der Waals surface area contributed by atoms with E-state index in [0.29, 0.717) is 25.3 Å². The predicted octanol–water partition coefficient (Wildman–Crippen LogP) is 4.68. The van der Waals surface area contributed by atoms with Crippen LogP contribution in [0.4, 0.5) is 0 Å². The van der Waals surface area contributed by atoms with Crippen molar-refractivity contribution in [1.82, 2.24) is 14.9 Å². The second kappa shape index (κ2) is 11.2. The Labute approximate surface area is 193 Å². The number of hydrogen-bond acceptors (Lipinski definition) is 6. The fourth-order valence-electron chi connectivity index (χ4n) is 3.27. The van der Waals surface area contributed by atoms with E-state index in [1.54, 1.807) is 14.2 Å². The van der Waals surface area contributed by atoms with Crippen LogP contribution >= 0.6 is 11.3 Å². The number of benzene rings is 1. The highest BCUT2D eigenvalue weighted by molar-refractivity contribution is 7.09. The largest absolute Gasteiger partial charge is 0.497 e. The summed E-state index contributed by atoms with van der Waals surface area (Å²) in [5.41, 5.74) is 3.30. The van der Waals surface area contributed by atoms with Crippen LogP contribution in [-0.4, -0.2) is 42.3 Å². The Hall–Kier alpha value is -2.84. The number of methoxy groups -OCH3 is 2. The number of carbonyl (C=O) groups excluding carboxylic acids is 1. The zero-order chi connectivity index (χ0) is 23.1. The molecule has 172 valence electrons. The van der Waals surface area contributed by atoms with Gasteiger partial charge in [-0.1, -0.05) is 6.92 Å². The van der Waals surface area contributed by atoms with Gasteiger partial charge in [-0.25, -0.2) is 4.98 Å². The lowest BCUT2D eigenvalue weighted by Gasteiger charge is -2.12. The molecule has 0 aliphatic heterocycles. The number of nitrogens with zero attached hydrogens (tertiary/aromatic N) is 2. The normalized spacial score (nSPS) is 11.9. The van der Waals surface area contributed by atoms with Crippen molar-refractivity contribution < 1.29 is 19.0 Å². The van der Waals surface area contributed by atoms with Gasteiger partial charge >= 0.3 is 0 Å². The summed E-state index contributed by atoms with van der Waals surface area (Å²) in [6, 6.07) is 9.50. The van der Waals surface area contributed by atoms with Crippen LogP contribution in [0.5, 0.6) is 11.5 Å². The van der Waals surface area contributed by atoms with E-state index in [2.05, 4.69) is 16.8 Å². The van der Waals surface area contributed by atoms with Gasteiger partial charge in [0.25, 0.3) is 5.91 Å². The molecule has 0 spiro atoms. The van der Waals surface area contributed by atoms with E-state index in [1.165, 1.54) is 11.3 Å². The highest BCUT2D eigenvalue weighted by Crippen LogP contribution is 2.28. The second-order valence-electron chi connectivity index (χ2n) is 7.55. The van der Waals surface area contributed by atoms with Crippen LogP contribution in [0.15, 0.2) is 35.7 Å². The Kier molecular flexibility index (Phi) is 8.30. The van der Waals surface area contributed by atoms with Crippen molar-refractivity contribution in [3.63, 3.8) is 0 Å². The zero-order valence-corrected chi connectivity index (χ0v) is 20.1. The standard InChI is InChI=1S/C24H31N3O4S/c1-6-16(2)25-24(28)20-13-22(27(17(20)3)11-12-29-4)21-15-32-23(26-21)14-31-19-9-7-18(30-5)8-10-19/h7-10,13,15-16H,6,11-12,14H2,1-5H3,(H,25,28). The highest BCUT2D eigenvalue weighted by Gasteiger charge is 2.21. The van der Waals surface area contributed by atoms with Crippen molar-refractivity contribution in [1.29, 1.82) is 0 Å². The Morgan fingerprint density at radius 1 is 1.22 bits per heavy atom. The van der Waals surface area contributed by atoms with Crippen LogP contribution in [0.2, 0.25) is 0 Å². The molecule has 0 fully saturated rings. The topological polar surface area (TPSA) is 74.6 Å². The maximum absolute atomic E-state index is 12.8. The van der Waals surface area contributed by atoms with Crippen LogP contribution in [0.3, 0.4) is 0 Å². The van der Waals surface area contributed by atoms with Gasteiger partial charge < -0.3 is 24.1 Å². The molecule has 1 atom stereocenters. The molecule has 1 N–H and O–H groups in total. The van der Waals surface area contributed by atoms with E-state index < -0.39 is 0 Å². The van der Waals surface area contributed by atoms with Crippen molar-refractivity contribution >= 4 is 17.2 Å². The van der Waals surface area contributed by atoms with Gasteiger partial charge in [0, 0.05) is 30.8 Å². The molecule has 7 nitrogen and oxygen atoms in total. The molecule has 0 bridgehead atoms. The molecule has 0 aliphatic carbocycles. The van der Waals surface area contributed by atoms with E-state index >= 15 is 0 Å². The van der Waals surface area contributed by atoms with Gasteiger partial charge in [-0.2, -0.15) is 0 Å². The fraction of sp³-hybridized carbons (Fsp3) is 0.417. The summed E-state index contributed by atoms with van der Waals surface area (Å²) in [5.74, 6) is 1.48. The highest BCUT2D eigenvalue weighted by atomic mass is 32.1. The second-order valence-corrected chi connectivity index (χ2v) is 8.49. The molecule has 3 rings (SSSR count). The number of aromatic nitrogens is 2. The third kappa shape index (κ3) is 5.69. The van der Waals surface area contributed by atoms with E-state index in [4.69, 9.17) is 19.2 Å². The number of carbonyl (C=O) groups is 1. The molecule has 0 radical (unpaired) electrons. The van der Waals surface area contributed by atoms with E-state index in [1.807, 2.05) is 49.6 Å². The van der Waals surface area contributed by atoms with Crippen molar-refractivity contribution in [2.75, 3.05) is 20.8 Å². The lowest BCUT2D eigenvalue weighted by Crippen LogP contribution is -2.32. The molecule has 2 heterocycles. The van der Waals surface area contributed by atoms with Crippen molar-refractivity contribution in [3.8, 4) is 22.9 Å². The summed E-state index contributed by atoms with van der Waals surface area (Å²) in [6.45, 7) is 7.58. The number of amides is 1. The molecular weight excluding hydrogens is 426 g/mol. The molecule has 3 aromatic rings. The first-order valence-corrected chi connectivity index (χ1v) is 11.6. The van der Waals surface area contributed by atoms with Gasteiger partial charge in [0.2, 0.25) is 0 Å². The maximum atomic E-state index is 12.8. The first-order valence-electron chi connectivity index (χ1n) is 10.7. The van der Waals surface area contributed by atoms with Crippen LogP contribution in [0.1, 0.15) is 41.3 Å². The monoisotopic (exact) mass is 457 g/mol. The minimum Gasteiger partial charge on any atom is -0.497 e. The minimum atomic E-state index is -0.0624. The SMILES string of the molecule is CCC(C)NC(=O)c1cc(-c2csc(COc3ccc(OC)cc3)n2)n(CCOC)c1C. The van der Waals surface area contributed by atoms with E-state index in [9.17, 15) is 4.79 Å². The summed E-state index contributed by atoms with van der Waals surface area (Å²) in [4.78, 5) is 17.6. The average Bonchev–Trinajstić information content (AvgIpc) is 3.40. The van der Waals surface area contributed by atoms with E-state index in [0.717, 1.165) is 40.0 Å². The summed E-state index contributed by atoms with van der Waals surface area (Å²) in [6.07, 6.45) is 0.881. The smallest absolute Gasteiger partial charge is 0.253 e.